The fourth-order valence-electron chi connectivity index (χ4n) is 2.99. The summed E-state index contributed by atoms with van der Waals surface area (Å²) in [4.78, 5) is 13.7. The summed E-state index contributed by atoms with van der Waals surface area (Å²) in [6, 6.07) is 3.88. The third-order valence-electron chi connectivity index (χ3n) is 4.24. The van der Waals surface area contributed by atoms with Gasteiger partial charge in [0.25, 0.3) is 0 Å². The molecule has 126 valence electrons. The molecule has 1 saturated heterocycles. The monoisotopic (exact) mass is 327 g/mol. The Kier molecular flexibility index (Phi) is 4.64. The smallest absolute Gasteiger partial charge is 0.163 e. The first-order valence-electron chi connectivity index (χ1n) is 8.34. The molecule has 2 aromatic heterocycles. The van der Waals surface area contributed by atoms with Gasteiger partial charge in [-0.3, -0.25) is 4.98 Å². The molecule has 7 nitrogen and oxygen atoms in total. The van der Waals surface area contributed by atoms with E-state index in [-0.39, 0.29) is 6.10 Å². The third kappa shape index (κ3) is 3.38. The van der Waals surface area contributed by atoms with Gasteiger partial charge in [0.15, 0.2) is 5.82 Å². The molecule has 0 saturated carbocycles. The normalized spacial score (nSPS) is 20.4. The van der Waals surface area contributed by atoms with Crippen molar-refractivity contribution >= 4 is 5.82 Å². The molecule has 7 heteroatoms. The molecule has 0 bridgehead atoms. The van der Waals surface area contributed by atoms with E-state index < -0.39 is 0 Å². The highest BCUT2D eigenvalue weighted by Gasteiger charge is 2.20. The van der Waals surface area contributed by atoms with E-state index in [2.05, 4.69) is 15.6 Å². The van der Waals surface area contributed by atoms with Gasteiger partial charge in [0.1, 0.15) is 5.82 Å². The predicted octanol–water partition coefficient (Wildman–Crippen LogP) is 1.01. The highest BCUT2D eigenvalue weighted by molar-refractivity contribution is 5.59. The van der Waals surface area contributed by atoms with Crippen LogP contribution in [0.5, 0.6) is 0 Å². The zero-order valence-corrected chi connectivity index (χ0v) is 13.5. The zero-order valence-electron chi connectivity index (χ0n) is 13.5. The molecule has 4 heterocycles. The van der Waals surface area contributed by atoms with Crippen LogP contribution in [0.15, 0.2) is 24.5 Å². The fourth-order valence-corrected chi connectivity index (χ4v) is 2.99. The molecule has 0 aromatic carbocycles. The Labute approximate surface area is 140 Å². The van der Waals surface area contributed by atoms with Crippen molar-refractivity contribution in [2.75, 3.05) is 38.2 Å². The molecule has 0 aliphatic carbocycles. The standard InChI is InChI=1S/C17H21N5O2/c1-2-12(8-18-4-1)16-21-15-10-19-5-3-14(15)17(22-16)20-9-13-11-23-6-7-24-13/h1-2,4,8,13,19H,3,5-7,9-11H2,(H,20,21,22)/t13-/m1/s1. The lowest BCUT2D eigenvalue weighted by atomic mass is 10.1. The summed E-state index contributed by atoms with van der Waals surface area (Å²) < 4.78 is 11.2. The molecule has 0 amide bonds. The maximum absolute atomic E-state index is 5.71. The van der Waals surface area contributed by atoms with Gasteiger partial charge in [0.05, 0.1) is 31.6 Å². The maximum atomic E-state index is 5.71. The Bertz CT molecular complexity index is 689. The van der Waals surface area contributed by atoms with Gasteiger partial charge in [-0.25, -0.2) is 9.97 Å². The number of nitrogens with one attached hydrogen (secondary N) is 2. The van der Waals surface area contributed by atoms with Crippen LogP contribution in [0.2, 0.25) is 0 Å². The van der Waals surface area contributed by atoms with E-state index >= 15 is 0 Å². The van der Waals surface area contributed by atoms with Crippen molar-refractivity contribution in [3.05, 3.63) is 35.8 Å². The SMILES string of the molecule is c1cncc(-c2nc3c(c(NC[C@@H]4COCCO4)n2)CCNC3)c1. The summed E-state index contributed by atoms with van der Waals surface area (Å²) >= 11 is 0. The van der Waals surface area contributed by atoms with E-state index in [1.54, 1.807) is 12.4 Å². The molecule has 0 spiro atoms. The van der Waals surface area contributed by atoms with E-state index in [4.69, 9.17) is 19.4 Å². The Hall–Kier alpha value is -2.09. The summed E-state index contributed by atoms with van der Waals surface area (Å²) in [5.74, 6) is 1.60. The summed E-state index contributed by atoms with van der Waals surface area (Å²) in [6.45, 7) is 4.35. The minimum Gasteiger partial charge on any atom is -0.376 e. The second-order valence-electron chi connectivity index (χ2n) is 5.94. The highest BCUT2D eigenvalue weighted by Crippen LogP contribution is 2.24. The molecule has 1 fully saturated rings. The first kappa shape index (κ1) is 15.4. The number of nitrogens with zero attached hydrogens (tertiary/aromatic N) is 3. The van der Waals surface area contributed by atoms with Crippen LogP contribution in [0.25, 0.3) is 11.4 Å². The van der Waals surface area contributed by atoms with E-state index in [9.17, 15) is 0 Å². The molecule has 2 aromatic rings. The lowest BCUT2D eigenvalue weighted by Crippen LogP contribution is -2.35. The molecular weight excluding hydrogens is 306 g/mol. The summed E-state index contributed by atoms with van der Waals surface area (Å²) in [6.07, 6.45) is 4.53. The minimum atomic E-state index is 0.0629. The quantitative estimate of drug-likeness (QED) is 0.867. The van der Waals surface area contributed by atoms with Crippen molar-refractivity contribution in [1.82, 2.24) is 20.3 Å². The molecule has 4 rings (SSSR count). The number of anilines is 1. The van der Waals surface area contributed by atoms with Crippen LogP contribution in [-0.2, 0) is 22.4 Å². The average molecular weight is 327 g/mol. The zero-order chi connectivity index (χ0) is 16.2. The molecule has 0 radical (unpaired) electrons. The van der Waals surface area contributed by atoms with Gasteiger partial charge in [-0.15, -0.1) is 0 Å². The van der Waals surface area contributed by atoms with Crippen molar-refractivity contribution in [1.29, 1.82) is 0 Å². The number of ether oxygens (including phenoxy) is 2. The van der Waals surface area contributed by atoms with Crippen molar-refractivity contribution < 1.29 is 9.47 Å². The molecule has 2 aliphatic heterocycles. The van der Waals surface area contributed by atoms with Crippen molar-refractivity contribution in [2.24, 2.45) is 0 Å². The first-order valence-corrected chi connectivity index (χ1v) is 8.34. The average Bonchev–Trinajstić information content (AvgIpc) is 2.67. The Morgan fingerprint density at radius 3 is 3.12 bits per heavy atom. The Morgan fingerprint density at radius 1 is 1.29 bits per heavy atom. The largest absolute Gasteiger partial charge is 0.376 e. The van der Waals surface area contributed by atoms with Crippen LogP contribution in [0.3, 0.4) is 0 Å². The van der Waals surface area contributed by atoms with E-state index in [0.29, 0.717) is 32.2 Å². The number of pyridine rings is 1. The van der Waals surface area contributed by atoms with Gasteiger partial charge in [-0.1, -0.05) is 0 Å². The Morgan fingerprint density at radius 2 is 2.29 bits per heavy atom. The van der Waals surface area contributed by atoms with Gasteiger partial charge < -0.3 is 20.1 Å². The number of rotatable bonds is 4. The van der Waals surface area contributed by atoms with Crippen LogP contribution < -0.4 is 10.6 Å². The summed E-state index contributed by atoms with van der Waals surface area (Å²) in [7, 11) is 0. The number of aromatic nitrogens is 3. The molecule has 2 aliphatic rings. The maximum Gasteiger partial charge on any atom is 0.163 e. The second kappa shape index (κ2) is 7.21. The fraction of sp³-hybridized carbons (Fsp3) is 0.471. The van der Waals surface area contributed by atoms with Crippen molar-refractivity contribution in [2.45, 2.75) is 19.1 Å². The summed E-state index contributed by atoms with van der Waals surface area (Å²) in [5, 5.41) is 6.82. The van der Waals surface area contributed by atoms with Crippen LogP contribution in [0, 0.1) is 0 Å². The number of fused-ring (bicyclic) bond motifs is 1. The summed E-state index contributed by atoms with van der Waals surface area (Å²) in [5.41, 5.74) is 3.17. The van der Waals surface area contributed by atoms with Gasteiger partial charge in [0.2, 0.25) is 0 Å². The van der Waals surface area contributed by atoms with Crippen LogP contribution in [0.4, 0.5) is 5.82 Å². The van der Waals surface area contributed by atoms with E-state index in [1.807, 2.05) is 12.1 Å². The topological polar surface area (TPSA) is 81.2 Å². The van der Waals surface area contributed by atoms with Crippen molar-refractivity contribution in [3.63, 3.8) is 0 Å². The first-order chi connectivity index (χ1) is 11.9. The predicted molar refractivity (Wildman–Crippen MR) is 89.7 cm³/mol. The van der Waals surface area contributed by atoms with Gasteiger partial charge in [0, 0.05) is 36.6 Å². The van der Waals surface area contributed by atoms with Gasteiger partial charge in [-0.2, -0.15) is 0 Å². The van der Waals surface area contributed by atoms with Gasteiger partial charge >= 0.3 is 0 Å². The highest BCUT2D eigenvalue weighted by atomic mass is 16.6. The van der Waals surface area contributed by atoms with E-state index in [1.165, 1.54) is 5.56 Å². The van der Waals surface area contributed by atoms with Gasteiger partial charge in [-0.05, 0) is 25.1 Å². The number of hydrogen-bond acceptors (Lipinski definition) is 7. The number of hydrogen-bond donors (Lipinski definition) is 2. The van der Waals surface area contributed by atoms with E-state index in [0.717, 1.165) is 36.6 Å². The second-order valence-corrected chi connectivity index (χ2v) is 5.94. The third-order valence-corrected chi connectivity index (χ3v) is 4.24. The van der Waals surface area contributed by atoms with Crippen molar-refractivity contribution in [3.8, 4) is 11.4 Å². The molecule has 1 atom stereocenters. The molecule has 2 N–H and O–H groups in total. The molecule has 24 heavy (non-hydrogen) atoms. The van der Waals surface area contributed by atoms with Crippen LogP contribution >= 0.6 is 0 Å². The molecular formula is C17H21N5O2. The Balaban J connectivity index is 1.61. The van der Waals surface area contributed by atoms with Crippen LogP contribution in [-0.4, -0.2) is 54.0 Å². The molecule has 0 unspecified atom stereocenters. The lowest BCUT2D eigenvalue weighted by molar-refractivity contribution is -0.0819. The van der Waals surface area contributed by atoms with Crippen LogP contribution in [0.1, 0.15) is 11.3 Å². The lowest BCUT2D eigenvalue weighted by Gasteiger charge is -2.25. The minimum absolute atomic E-state index is 0.0629.